The molecule has 0 radical (unpaired) electrons. The first-order valence-corrected chi connectivity index (χ1v) is 4.95. The van der Waals surface area contributed by atoms with Gasteiger partial charge in [0.15, 0.2) is 0 Å². The van der Waals surface area contributed by atoms with E-state index in [-0.39, 0.29) is 12.5 Å². The first-order valence-electron chi connectivity index (χ1n) is 3.96. The molecule has 0 saturated carbocycles. The van der Waals surface area contributed by atoms with Crippen molar-refractivity contribution in [1.82, 2.24) is 0 Å². The Morgan fingerprint density at radius 3 is 3.15 bits per heavy atom. The summed E-state index contributed by atoms with van der Waals surface area (Å²) in [5.41, 5.74) is 1.69. The molecule has 1 aromatic carbocycles. The minimum atomic E-state index is 0.0199. The van der Waals surface area contributed by atoms with Gasteiger partial charge in [0.2, 0.25) is 5.91 Å². The van der Waals surface area contributed by atoms with Gasteiger partial charge in [-0.2, -0.15) is 0 Å². The highest BCUT2D eigenvalue weighted by Crippen LogP contribution is 2.34. The Morgan fingerprint density at radius 2 is 2.38 bits per heavy atom. The number of amides is 1. The third kappa shape index (κ3) is 1.55. The van der Waals surface area contributed by atoms with Crippen LogP contribution in [-0.4, -0.2) is 16.8 Å². The van der Waals surface area contributed by atoms with Crippen molar-refractivity contribution < 1.29 is 9.90 Å². The van der Waals surface area contributed by atoms with Crippen LogP contribution in [0.5, 0.6) is 0 Å². The fraction of sp³-hybridized carbons (Fsp3) is 0.222. The van der Waals surface area contributed by atoms with Gasteiger partial charge in [0.1, 0.15) is 0 Å². The highest BCUT2D eigenvalue weighted by molar-refractivity contribution is 8.00. The number of hydrogen-bond acceptors (Lipinski definition) is 3. The minimum absolute atomic E-state index is 0.0199. The number of carbonyl (C=O) groups excluding carboxylic acids is 1. The number of aliphatic hydroxyl groups is 1. The second-order valence-electron chi connectivity index (χ2n) is 2.79. The number of carbonyl (C=O) groups is 1. The summed E-state index contributed by atoms with van der Waals surface area (Å²) in [5, 5.41) is 11.8. The van der Waals surface area contributed by atoms with Crippen LogP contribution in [0.4, 0.5) is 5.69 Å². The summed E-state index contributed by atoms with van der Waals surface area (Å²) in [6, 6.07) is 5.54. The van der Waals surface area contributed by atoms with E-state index in [1.54, 1.807) is 0 Å². The van der Waals surface area contributed by atoms with Crippen LogP contribution in [0.3, 0.4) is 0 Å². The van der Waals surface area contributed by atoms with Crippen molar-refractivity contribution in [3.05, 3.63) is 23.8 Å². The molecule has 13 heavy (non-hydrogen) atoms. The van der Waals surface area contributed by atoms with E-state index in [1.165, 1.54) is 11.8 Å². The molecule has 0 unspecified atom stereocenters. The normalized spacial score (nSPS) is 15.0. The molecular formula is C9H9NO2S. The Hall–Kier alpha value is -1.00. The fourth-order valence-electron chi connectivity index (χ4n) is 1.30. The quantitative estimate of drug-likeness (QED) is 0.708. The lowest BCUT2D eigenvalue weighted by Gasteiger charge is -2.18. The van der Waals surface area contributed by atoms with Crippen molar-refractivity contribution in [2.75, 3.05) is 11.1 Å². The first-order chi connectivity index (χ1) is 6.31. The van der Waals surface area contributed by atoms with Gasteiger partial charge in [-0.05, 0) is 11.6 Å². The molecule has 2 rings (SSSR count). The van der Waals surface area contributed by atoms with Gasteiger partial charge in [0, 0.05) is 4.90 Å². The zero-order valence-electron chi connectivity index (χ0n) is 6.91. The third-order valence-corrected chi connectivity index (χ3v) is 3.07. The molecule has 3 nitrogen and oxygen atoms in total. The number of benzene rings is 1. The van der Waals surface area contributed by atoms with Gasteiger partial charge in [0.05, 0.1) is 18.0 Å². The van der Waals surface area contributed by atoms with Crippen molar-refractivity contribution in [2.45, 2.75) is 11.5 Å². The number of thioether (sulfide) groups is 1. The van der Waals surface area contributed by atoms with Crippen molar-refractivity contribution >= 4 is 23.4 Å². The van der Waals surface area contributed by atoms with E-state index in [2.05, 4.69) is 5.32 Å². The van der Waals surface area contributed by atoms with Crippen LogP contribution in [0.15, 0.2) is 23.1 Å². The van der Waals surface area contributed by atoms with Crippen LogP contribution < -0.4 is 5.32 Å². The predicted octanol–water partition coefficient (Wildman–Crippen LogP) is 1.22. The number of anilines is 1. The average Bonchev–Trinajstić information content (AvgIpc) is 2.16. The fourth-order valence-corrected chi connectivity index (χ4v) is 2.24. The molecule has 0 aliphatic carbocycles. The lowest BCUT2D eigenvalue weighted by atomic mass is 10.2. The van der Waals surface area contributed by atoms with Crippen LogP contribution in [0.1, 0.15) is 5.56 Å². The number of rotatable bonds is 1. The number of nitrogens with one attached hydrogen (secondary N) is 1. The zero-order valence-corrected chi connectivity index (χ0v) is 7.73. The molecule has 0 saturated heterocycles. The van der Waals surface area contributed by atoms with Gasteiger partial charge < -0.3 is 10.4 Å². The van der Waals surface area contributed by atoms with Gasteiger partial charge in [-0.3, -0.25) is 4.79 Å². The molecule has 0 atom stereocenters. The van der Waals surface area contributed by atoms with E-state index < -0.39 is 0 Å². The molecule has 1 aliphatic rings. The SMILES string of the molecule is O=C1CSc2c(CO)cccc2N1. The zero-order chi connectivity index (χ0) is 9.26. The summed E-state index contributed by atoms with van der Waals surface area (Å²) in [4.78, 5) is 12.0. The van der Waals surface area contributed by atoms with Crippen molar-refractivity contribution in [3.8, 4) is 0 Å². The highest BCUT2D eigenvalue weighted by atomic mass is 32.2. The smallest absolute Gasteiger partial charge is 0.234 e. The molecular weight excluding hydrogens is 186 g/mol. The monoisotopic (exact) mass is 195 g/mol. The Balaban J connectivity index is 2.45. The Labute approximate surface area is 80.1 Å². The van der Waals surface area contributed by atoms with Gasteiger partial charge in [0.25, 0.3) is 0 Å². The van der Waals surface area contributed by atoms with Crippen LogP contribution in [0.25, 0.3) is 0 Å². The molecule has 0 spiro atoms. The topological polar surface area (TPSA) is 49.3 Å². The highest BCUT2D eigenvalue weighted by Gasteiger charge is 2.17. The van der Waals surface area contributed by atoms with E-state index in [0.717, 1.165) is 16.1 Å². The summed E-state index contributed by atoms with van der Waals surface area (Å²) in [5.74, 6) is 0.455. The summed E-state index contributed by atoms with van der Waals surface area (Å²) >= 11 is 1.48. The minimum Gasteiger partial charge on any atom is -0.392 e. The van der Waals surface area contributed by atoms with Crippen LogP contribution >= 0.6 is 11.8 Å². The molecule has 1 amide bonds. The molecule has 68 valence electrons. The predicted molar refractivity (Wildman–Crippen MR) is 51.7 cm³/mol. The molecule has 4 heteroatoms. The summed E-state index contributed by atoms with van der Waals surface area (Å²) in [6.45, 7) is 0.0199. The van der Waals surface area contributed by atoms with Gasteiger partial charge in [-0.15, -0.1) is 11.8 Å². The molecule has 1 aromatic rings. The maximum Gasteiger partial charge on any atom is 0.234 e. The van der Waals surface area contributed by atoms with Gasteiger partial charge in [-0.1, -0.05) is 12.1 Å². The van der Waals surface area contributed by atoms with E-state index in [1.807, 2.05) is 18.2 Å². The van der Waals surface area contributed by atoms with Gasteiger partial charge in [-0.25, -0.2) is 0 Å². The lowest BCUT2D eigenvalue weighted by Crippen LogP contribution is -2.19. The number of aliphatic hydroxyl groups excluding tert-OH is 1. The molecule has 0 bridgehead atoms. The second kappa shape index (κ2) is 3.40. The Morgan fingerprint density at radius 1 is 1.54 bits per heavy atom. The van der Waals surface area contributed by atoms with Gasteiger partial charge >= 0.3 is 0 Å². The standard InChI is InChI=1S/C9H9NO2S/c11-4-6-2-1-3-7-9(6)13-5-8(12)10-7/h1-3,11H,4-5H2,(H,10,12). The van der Waals surface area contributed by atoms with Crippen molar-refractivity contribution in [1.29, 1.82) is 0 Å². The molecule has 0 fully saturated rings. The average molecular weight is 195 g/mol. The summed E-state index contributed by atoms with van der Waals surface area (Å²) in [7, 11) is 0. The van der Waals surface area contributed by atoms with Crippen molar-refractivity contribution in [3.63, 3.8) is 0 Å². The largest absolute Gasteiger partial charge is 0.392 e. The molecule has 1 heterocycles. The Bertz CT molecular complexity index is 351. The molecule has 2 N–H and O–H groups in total. The molecule has 1 aliphatic heterocycles. The maximum absolute atomic E-state index is 11.0. The number of hydrogen-bond donors (Lipinski definition) is 2. The van der Waals surface area contributed by atoms with E-state index in [9.17, 15) is 4.79 Å². The molecule has 0 aromatic heterocycles. The number of fused-ring (bicyclic) bond motifs is 1. The lowest BCUT2D eigenvalue weighted by molar-refractivity contribution is -0.113. The van der Waals surface area contributed by atoms with E-state index in [0.29, 0.717) is 5.75 Å². The van der Waals surface area contributed by atoms with E-state index >= 15 is 0 Å². The third-order valence-electron chi connectivity index (χ3n) is 1.89. The maximum atomic E-state index is 11.0. The summed E-state index contributed by atoms with van der Waals surface area (Å²) < 4.78 is 0. The summed E-state index contributed by atoms with van der Waals surface area (Å²) in [6.07, 6.45) is 0. The second-order valence-corrected chi connectivity index (χ2v) is 3.77. The Kier molecular flexibility index (Phi) is 2.24. The van der Waals surface area contributed by atoms with E-state index in [4.69, 9.17) is 5.11 Å². The first kappa shape index (κ1) is 8.59. The van der Waals surface area contributed by atoms with Crippen molar-refractivity contribution in [2.24, 2.45) is 0 Å². The van der Waals surface area contributed by atoms with Crippen LogP contribution in [0, 0.1) is 0 Å². The van der Waals surface area contributed by atoms with Crippen LogP contribution in [-0.2, 0) is 11.4 Å². The van der Waals surface area contributed by atoms with Crippen LogP contribution in [0.2, 0.25) is 0 Å².